The molecule has 0 spiro atoms. The summed E-state index contributed by atoms with van der Waals surface area (Å²) in [5.74, 6) is -0.966. The Labute approximate surface area is 183 Å². The van der Waals surface area contributed by atoms with Gasteiger partial charge in [-0.15, -0.1) is 0 Å². The van der Waals surface area contributed by atoms with Crippen molar-refractivity contribution in [3.8, 4) is 5.75 Å². The lowest BCUT2D eigenvalue weighted by Crippen LogP contribution is -2.43. The van der Waals surface area contributed by atoms with Crippen LogP contribution in [0.15, 0.2) is 46.7 Å². The number of benzene rings is 2. The third kappa shape index (κ3) is 3.72. The van der Waals surface area contributed by atoms with Crippen LogP contribution < -0.4 is 15.0 Å². The highest BCUT2D eigenvalue weighted by Crippen LogP contribution is 2.35. The second-order valence-corrected chi connectivity index (χ2v) is 7.80. The number of hydrogen-bond acceptors (Lipinski definition) is 7. The van der Waals surface area contributed by atoms with Gasteiger partial charge in [0, 0.05) is 5.69 Å². The van der Waals surface area contributed by atoms with Crippen molar-refractivity contribution in [2.24, 2.45) is 10.3 Å². The third-order valence-electron chi connectivity index (χ3n) is 5.22. The van der Waals surface area contributed by atoms with E-state index < -0.39 is 23.9 Å². The first-order valence-corrected chi connectivity index (χ1v) is 9.94. The largest absolute Gasteiger partial charge is 0.495 e. The molecule has 0 saturated carbocycles. The Bertz CT molecular complexity index is 1120. The van der Waals surface area contributed by atoms with Gasteiger partial charge in [0.2, 0.25) is 5.91 Å². The molecule has 0 aliphatic carbocycles. The predicted molar refractivity (Wildman–Crippen MR) is 114 cm³/mol. The van der Waals surface area contributed by atoms with Crippen molar-refractivity contribution in [3.63, 3.8) is 0 Å². The summed E-state index contributed by atoms with van der Waals surface area (Å²) in [5, 5.41) is 12.2. The quantitative estimate of drug-likeness (QED) is 0.718. The zero-order valence-corrected chi connectivity index (χ0v) is 17.9. The number of nitrogens with zero attached hydrogens (tertiary/aromatic N) is 4. The van der Waals surface area contributed by atoms with Gasteiger partial charge in [0.1, 0.15) is 12.3 Å². The van der Waals surface area contributed by atoms with Crippen LogP contribution in [0.25, 0.3) is 0 Å². The molecule has 0 bridgehead atoms. The highest BCUT2D eigenvalue weighted by molar-refractivity contribution is 6.33. The standard InChI is InChI=1S/C21H20ClN5O4/c1-11-4-5-12(2)15(8-11)23-17(28)10-26-19-18(24-25-26)20(29)27(21(19)30)13-6-7-16(31-3)14(22)9-13/h4-9,18-19H,10H2,1-3H3,(H,23,28)/t18-,19+/m1/s1. The fourth-order valence-electron chi connectivity index (χ4n) is 3.61. The van der Waals surface area contributed by atoms with E-state index in [4.69, 9.17) is 16.3 Å². The van der Waals surface area contributed by atoms with Gasteiger partial charge in [0.05, 0.1) is 17.8 Å². The van der Waals surface area contributed by atoms with Crippen LogP contribution in [0, 0.1) is 13.8 Å². The van der Waals surface area contributed by atoms with Crippen LogP contribution in [0.4, 0.5) is 11.4 Å². The minimum atomic E-state index is -0.998. The van der Waals surface area contributed by atoms with Crippen LogP contribution in [0.3, 0.4) is 0 Å². The van der Waals surface area contributed by atoms with E-state index in [1.54, 1.807) is 12.1 Å². The summed E-state index contributed by atoms with van der Waals surface area (Å²) in [6, 6.07) is 8.37. The van der Waals surface area contributed by atoms with E-state index in [-0.39, 0.29) is 17.5 Å². The molecule has 0 aromatic heterocycles. The van der Waals surface area contributed by atoms with E-state index >= 15 is 0 Å². The second-order valence-electron chi connectivity index (χ2n) is 7.39. The normalized spacial score (nSPS) is 19.7. The lowest BCUT2D eigenvalue weighted by atomic mass is 10.1. The molecule has 0 unspecified atom stereocenters. The van der Waals surface area contributed by atoms with Crippen molar-refractivity contribution in [1.29, 1.82) is 0 Å². The molecule has 2 atom stereocenters. The van der Waals surface area contributed by atoms with Gasteiger partial charge >= 0.3 is 0 Å². The van der Waals surface area contributed by atoms with Crippen molar-refractivity contribution >= 4 is 40.7 Å². The number of rotatable bonds is 5. The number of halogens is 1. The molecule has 10 heteroatoms. The van der Waals surface area contributed by atoms with Crippen LogP contribution in [-0.4, -0.2) is 48.5 Å². The number of ether oxygens (including phenoxy) is 1. The average Bonchev–Trinajstić information content (AvgIpc) is 3.24. The average molecular weight is 442 g/mol. The first-order valence-electron chi connectivity index (χ1n) is 9.56. The number of carbonyl (C=O) groups excluding carboxylic acids is 3. The van der Waals surface area contributed by atoms with E-state index in [0.717, 1.165) is 16.0 Å². The van der Waals surface area contributed by atoms with Crippen molar-refractivity contribution in [3.05, 3.63) is 52.5 Å². The summed E-state index contributed by atoms with van der Waals surface area (Å²) in [6.07, 6.45) is 0. The molecule has 2 aliphatic rings. The highest BCUT2D eigenvalue weighted by atomic mass is 35.5. The van der Waals surface area contributed by atoms with Crippen molar-refractivity contribution in [2.45, 2.75) is 25.9 Å². The fourth-order valence-corrected chi connectivity index (χ4v) is 3.86. The van der Waals surface area contributed by atoms with Gasteiger partial charge in [-0.2, -0.15) is 5.11 Å². The molecular formula is C21H20ClN5O4. The van der Waals surface area contributed by atoms with Crippen molar-refractivity contribution in [1.82, 2.24) is 5.01 Å². The maximum atomic E-state index is 13.0. The monoisotopic (exact) mass is 441 g/mol. The van der Waals surface area contributed by atoms with Gasteiger partial charge in [0.25, 0.3) is 11.8 Å². The molecule has 0 radical (unpaired) electrons. The number of hydrogen-bond donors (Lipinski definition) is 1. The Morgan fingerprint density at radius 1 is 1.16 bits per heavy atom. The molecular weight excluding hydrogens is 422 g/mol. The summed E-state index contributed by atoms with van der Waals surface area (Å²) in [4.78, 5) is 39.5. The van der Waals surface area contributed by atoms with Crippen LogP contribution in [0.2, 0.25) is 5.02 Å². The zero-order chi connectivity index (χ0) is 22.3. The van der Waals surface area contributed by atoms with Crippen LogP contribution in [0.5, 0.6) is 5.75 Å². The number of amides is 3. The summed E-state index contributed by atoms with van der Waals surface area (Å²) < 4.78 is 5.11. The number of anilines is 2. The van der Waals surface area contributed by atoms with Gasteiger partial charge in [-0.3, -0.25) is 19.4 Å². The maximum Gasteiger partial charge on any atom is 0.263 e. The van der Waals surface area contributed by atoms with Crippen LogP contribution >= 0.6 is 11.6 Å². The van der Waals surface area contributed by atoms with E-state index in [1.165, 1.54) is 18.2 Å². The van der Waals surface area contributed by atoms with Gasteiger partial charge < -0.3 is 10.1 Å². The molecule has 1 N–H and O–H groups in total. The maximum absolute atomic E-state index is 13.0. The number of methoxy groups -OCH3 is 1. The molecule has 2 aromatic rings. The smallest absolute Gasteiger partial charge is 0.263 e. The second kappa shape index (κ2) is 7.99. The molecule has 1 saturated heterocycles. The molecule has 31 heavy (non-hydrogen) atoms. The number of nitrogens with one attached hydrogen (secondary N) is 1. The van der Waals surface area contributed by atoms with Gasteiger partial charge in [-0.25, -0.2) is 4.90 Å². The first-order chi connectivity index (χ1) is 14.8. The molecule has 2 aliphatic heterocycles. The van der Waals surface area contributed by atoms with Crippen LogP contribution in [0.1, 0.15) is 11.1 Å². The van der Waals surface area contributed by atoms with E-state index in [9.17, 15) is 14.4 Å². The van der Waals surface area contributed by atoms with Crippen molar-refractivity contribution < 1.29 is 19.1 Å². The molecule has 1 fully saturated rings. The van der Waals surface area contributed by atoms with Crippen LogP contribution in [-0.2, 0) is 14.4 Å². The molecule has 2 aromatic carbocycles. The topological polar surface area (TPSA) is 104 Å². The number of fused-ring (bicyclic) bond motifs is 1. The van der Waals surface area contributed by atoms with E-state index in [2.05, 4.69) is 15.7 Å². The highest BCUT2D eigenvalue weighted by Gasteiger charge is 2.55. The number of aryl methyl sites for hydroxylation is 2. The fraction of sp³-hybridized carbons (Fsp3) is 0.286. The Kier molecular flexibility index (Phi) is 5.36. The Balaban J connectivity index is 1.51. The van der Waals surface area contributed by atoms with Gasteiger partial charge in [-0.05, 0) is 49.2 Å². The summed E-state index contributed by atoms with van der Waals surface area (Å²) in [7, 11) is 1.47. The summed E-state index contributed by atoms with van der Waals surface area (Å²) in [5.41, 5.74) is 2.91. The van der Waals surface area contributed by atoms with E-state index in [1.807, 2.05) is 32.0 Å². The number of carbonyl (C=O) groups is 3. The predicted octanol–water partition coefficient (Wildman–Crippen LogP) is 2.90. The van der Waals surface area contributed by atoms with E-state index in [0.29, 0.717) is 17.1 Å². The summed E-state index contributed by atoms with van der Waals surface area (Å²) >= 11 is 6.14. The SMILES string of the molecule is COc1ccc(N2C(=O)[C@@H]3[C@@H](N=NN3CC(=O)Nc3cc(C)ccc3C)C2=O)cc1Cl. The van der Waals surface area contributed by atoms with Crippen molar-refractivity contribution in [2.75, 3.05) is 23.9 Å². The molecule has 2 heterocycles. The molecule has 3 amide bonds. The Hall–Kier alpha value is -3.46. The lowest BCUT2D eigenvalue weighted by Gasteiger charge is -2.20. The third-order valence-corrected chi connectivity index (χ3v) is 5.52. The molecule has 160 valence electrons. The minimum Gasteiger partial charge on any atom is -0.495 e. The Morgan fingerprint density at radius 3 is 2.65 bits per heavy atom. The number of imide groups is 1. The van der Waals surface area contributed by atoms with Gasteiger partial charge in [-0.1, -0.05) is 29.0 Å². The first kappa shape index (κ1) is 20.8. The summed E-state index contributed by atoms with van der Waals surface area (Å²) in [6.45, 7) is 3.60. The minimum absolute atomic E-state index is 0.214. The Morgan fingerprint density at radius 2 is 1.94 bits per heavy atom. The van der Waals surface area contributed by atoms with Gasteiger partial charge in [0.15, 0.2) is 12.1 Å². The molecule has 4 rings (SSSR count). The zero-order valence-electron chi connectivity index (χ0n) is 17.1. The lowest BCUT2D eigenvalue weighted by molar-refractivity contribution is -0.123. The molecule has 9 nitrogen and oxygen atoms in total.